The number of nitrogens with one attached hydrogen (secondary N) is 1. The molecule has 0 spiro atoms. The van der Waals surface area contributed by atoms with Crippen molar-refractivity contribution >= 4 is 5.91 Å². The molecule has 0 unspecified atom stereocenters. The van der Waals surface area contributed by atoms with Crippen molar-refractivity contribution in [2.75, 3.05) is 7.11 Å². The highest BCUT2D eigenvalue weighted by Crippen LogP contribution is 2.24. The van der Waals surface area contributed by atoms with Gasteiger partial charge in [-0.15, -0.1) is 0 Å². The van der Waals surface area contributed by atoms with Crippen LogP contribution in [0, 0.1) is 6.92 Å². The molecule has 0 aliphatic heterocycles. The molecule has 1 saturated carbocycles. The summed E-state index contributed by atoms with van der Waals surface area (Å²) in [5.41, 5.74) is 2.61. The van der Waals surface area contributed by atoms with E-state index in [2.05, 4.69) is 5.32 Å². The van der Waals surface area contributed by atoms with Crippen LogP contribution in [0.25, 0.3) is 0 Å². The van der Waals surface area contributed by atoms with Crippen LogP contribution in [0.15, 0.2) is 42.5 Å². The molecule has 1 aliphatic carbocycles. The first-order chi connectivity index (χ1) is 13.2. The number of methoxy groups -OCH3 is 1. The van der Waals surface area contributed by atoms with E-state index in [1.807, 2.05) is 49.4 Å². The highest BCUT2D eigenvalue weighted by atomic mass is 16.5. The third-order valence-electron chi connectivity index (χ3n) is 5.21. The summed E-state index contributed by atoms with van der Waals surface area (Å²) in [5.74, 6) is 1.56. The van der Waals surface area contributed by atoms with Gasteiger partial charge in [-0.05, 0) is 49.6 Å². The van der Waals surface area contributed by atoms with Crippen molar-refractivity contribution in [1.82, 2.24) is 5.32 Å². The Hall–Kier alpha value is -2.49. The number of benzene rings is 2. The summed E-state index contributed by atoms with van der Waals surface area (Å²) in [6.07, 6.45) is 7.09. The van der Waals surface area contributed by atoms with E-state index in [0.29, 0.717) is 12.2 Å². The van der Waals surface area contributed by atoms with Crippen molar-refractivity contribution in [1.29, 1.82) is 0 Å². The van der Waals surface area contributed by atoms with Crippen LogP contribution >= 0.6 is 0 Å². The fourth-order valence-corrected chi connectivity index (χ4v) is 3.60. The van der Waals surface area contributed by atoms with E-state index in [4.69, 9.17) is 9.47 Å². The van der Waals surface area contributed by atoms with Crippen LogP contribution in [0.5, 0.6) is 11.5 Å². The molecule has 2 aromatic carbocycles. The Kier molecular flexibility index (Phi) is 6.74. The van der Waals surface area contributed by atoms with Gasteiger partial charge in [-0.3, -0.25) is 4.79 Å². The number of aryl methyl sites for hydroxylation is 1. The number of para-hydroxylation sites is 1. The van der Waals surface area contributed by atoms with Crippen LogP contribution in [0.4, 0.5) is 0 Å². The fourth-order valence-electron chi connectivity index (χ4n) is 3.60. The molecule has 0 atom stereocenters. The quantitative estimate of drug-likeness (QED) is 0.728. The second kappa shape index (κ2) is 9.45. The minimum absolute atomic E-state index is 0.0123. The first-order valence-corrected chi connectivity index (χ1v) is 9.83. The molecule has 144 valence electrons. The second-order valence-electron chi connectivity index (χ2n) is 7.24. The van der Waals surface area contributed by atoms with Crippen molar-refractivity contribution in [3.63, 3.8) is 0 Å². The molecule has 1 aliphatic rings. The molecule has 1 fully saturated rings. The average molecular weight is 367 g/mol. The maximum atomic E-state index is 12.7. The van der Waals surface area contributed by atoms with E-state index in [1.165, 1.54) is 25.7 Å². The van der Waals surface area contributed by atoms with Crippen molar-refractivity contribution in [2.24, 2.45) is 0 Å². The first-order valence-electron chi connectivity index (χ1n) is 9.83. The van der Waals surface area contributed by atoms with Gasteiger partial charge in [0.05, 0.1) is 7.11 Å². The molecular formula is C23H29NO3. The van der Waals surface area contributed by atoms with Gasteiger partial charge in [0.1, 0.15) is 18.1 Å². The van der Waals surface area contributed by atoms with Gasteiger partial charge in [0.15, 0.2) is 0 Å². The van der Waals surface area contributed by atoms with Gasteiger partial charge in [0.25, 0.3) is 5.91 Å². The highest BCUT2D eigenvalue weighted by Gasteiger charge is 2.17. The summed E-state index contributed by atoms with van der Waals surface area (Å²) < 4.78 is 11.4. The minimum Gasteiger partial charge on any atom is -0.496 e. The van der Waals surface area contributed by atoms with E-state index in [-0.39, 0.29) is 11.9 Å². The lowest BCUT2D eigenvalue weighted by Crippen LogP contribution is -2.34. The monoisotopic (exact) mass is 367 g/mol. The van der Waals surface area contributed by atoms with Crippen molar-refractivity contribution in [3.8, 4) is 11.5 Å². The van der Waals surface area contributed by atoms with Crippen molar-refractivity contribution in [3.05, 3.63) is 59.2 Å². The minimum atomic E-state index is -0.0123. The Bertz CT molecular complexity index is 764. The van der Waals surface area contributed by atoms with Gasteiger partial charge in [0.2, 0.25) is 0 Å². The molecule has 3 rings (SSSR count). The summed E-state index contributed by atoms with van der Waals surface area (Å²) in [6, 6.07) is 13.7. The average Bonchev–Trinajstić information content (AvgIpc) is 2.95. The zero-order chi connectivity index (χ0) is 19.1. The Morgan fingerprint density at radius 3 is 2.48 bits per heavy atom. The van der Waals surface area contributed by atoms with Gasteiger partial charge in [-0.25, -0.2) is 0 Å². The Morgan fingerprint density at radius 1 is 1.04 bits per heavy atom. The van der Waals surface area contributed by atoms with E-state index in [0.717, 1.165) is 35.5 Å². The van der Waals surface area contributed by atoms with Gasteiger partial charge in [0, 0.05) is 17.2 Å². The molecule has 0 aromatic heterocycles. The predicted octanol–water partition coefficient (Wildman–Crippen LogP) is 5.04. The van der Waals surface area contributed by atoms with Gasteiger partial charge < -0.3 is 14.8 Å². The third-order valence-corrected chi connectivity index (χ3v) is 5.21. The molecule has 1 N–H and O–H groups in total. The summed E-state index contributed by atoms with van der Waals surface area (Å²) in [6.45, 7) is 2.38. The molecule has 1 amide bonds. The van der Waals surface area contributed by atoms with Crippen LogP contribution in [0.1, 0.15) is 60.0 Å². The maximum absolute atomic E-state index is 12.7. The highest BCUT2D eigenvalue weighted by molar-refractivity contribution is 5.94. The van der Waals surface area contributed by atoms with Crippen molar-refractivity contribution < 1.29 is 14.3 Å². The molecule has 0 heterocycles. The molecule has 27 heavy (non-hydrogen) atoms. The Labute approximate surface area is 161 Å². The van der Waals surface area contributed by atoms with E-state index >= 15 is 0 Å². The van der Waals surface area contributed by atoms with Crippen LogP contribution < -0.4 is 14.8 Å². The van der Waals surface area contributed by atoms with E-state index in [1.54, 1.807) is 7.11 Å². The maximum Gasteiger partial charge on any atom is 0.251 e. The molecule has 4 nitrogen and oxygen atoms in total. The largest absolute Gasteiger partial charge is 0.496 e. The molecular weight excluding hydrogens is 338 g/mol. The lowest BCUT2D eigenvalue weighted by Gasteiger charge is -2.17. The normalized spacial score (nSPS) is 15.0. The van der Waals surface area contributed by atoms with Crippen LogP contribution in [0.3, 0.4) is 0 Å². The van der Waals surface area contributed by atoms with Crippen LogP contribution in [-0.4, -0.2) is 19.1 Å². The van der Waals surface area contributed by atoms with Crippen LogP contribution in [-0.2, 0) is 6.61 Å². The van der Waals surface area contributed by atoms with E-state index < -0.39 is 0 Å². The van der Waals surface area contributed by atoms with E-state index in [9.17, 15) is 4.79 Å². The number of carbonyl (C=O) groups excluding carboxylic acids is 1. The third kappa shape index (κ3) is 5.25. The molecule has 4 heteroatoms. The second-order valence-corrected chi connectivity index (χ2v) is 7.24. The summed E-state index contributed by atoms with van der Waals surface area (Å²) >= 11 is 0. The fraction of sp³-hybridized carbons (Fsp3) is 0.435. The number of carbonyl (C=O) groups is 1. The van der Waals surface area contributed by atoms with Gasteiger partial charge in [-0.2, -0.15) is 0 Å². The molecule has 0 saturated heterocycles. The Balaban J connectivity index is 1.70. The lowest BCUT2D eigenvalue weighted by atomic mass is 10.1. The summed E-state index contributed by atoms with van der Waals surface area (Å²) in [5, 5.41) is 3.20. The number of rotatable bonds is 6. The lowest BCUT2D eigenvalue weighted by molar-refractivity contribution is 0.0933. The number of hydrogen-bond acceptors (Lipinski definition) is 3. The van der Waals surface area contributed by atoms with Crippen molar-refractivity contribution in [2.45, 2.75) is 58.1 Å². The smallest absolute Gasteiger partial charge is 0.251 e. The van der Waals surface area contributed by atoms with Gasteiger partial charge in [-0.1, -0.05) is 43.9 Å². The topological polar surface area (TPSA) is 47.6 Å². The van der Waals surface area contributed by atoms with Crippen LogP contribution in [0.2, 0.25) is 0 Å². The molecule has 0 bridgehead atoms. The number of hydrogen-bond donors (Lipinski definition) is 1. The SMILES string of the molecule is COc1ccc(C(=O)NC2CCCCCC2)cc1COc1ccccc1C. The number of amides is 1. The predicted molar refractivity (Wildman–Crippen MR) is 107 cm³/mol. The molecule has 0 radical (unpaired) electrons. The number of ether oxygens (including phenoxy) is 2. The van der Waals surface area contributed by atoms with Gasteiger partial charge >= 0.3 is 0 Å². The standard InChI is InChI=1S/C23H29NO3/c1-17-9-7-8-12-21(17)27-16-19-15-18(13-14-22(19)26-2)23(25)24-20-10-5-3-4-6-11-20/h7-9,12-15,20H,3-6,10-11,16H2,1-2H3,(H,24,25). The summed E-state index contributed by atoms with van der Waals surface area (Å²) in [7, 11) is 1.64. The first kappa shape index (κ1) is 19.3. The zero-order valence-corrected chi connectivity index (χ0v) is 16.3. The zero-order valence-electron chi connectivity index (χ0n) is 16.3. The summed E-state index contributed by atoms with van der Waals surface area (Å²) in [4.78, 5) is 12.7. The molecule has 2 aromatic rings. The Morgan fingerprint density at radius 2 is 1.78 bits per heavy atom.